The third-order valence-electron chi connectivity index (χ3n) is 1.74. The van der Waals surface area contributed by atoms with Gasteiger partial charge in [0, 0.05) is 23.1 Å². The molecule has 0 aromatic carbocycles. The van der Waals surface area contributed by atoms with Crippen molar-refractivity contribution >= 4 is 28.7 Å². The minimum absolute atomic E-state index is 0.0574. The Morgan fingerprint density at radius 3 is 2.64 bits per heavy atom. The largest absolute Gasteiger partial charge is 0.512 e. The van der Waals surface area contributed by atoms with Gasteiger partial charge in [-0.05, 0) is 13.8 Å². The van der Waals surface area contributed by atoms with Crippen molar-refractivity contribution in [1.82, 2.24) is 4.98 Å². The van der Waals surface area contributed by atoms with Crippen molar-refractivity contribution in [2.24, 2.45) is 0 Å². The van der Waals surface area contributed by atoms with Crippen molar-refractivity contribution < 1.29 is 9.90 Å². The second kappa shape index (κ2) is 4.57. The SMILES string of the molecule is CC(=O)/C(Cc1cnc(Cl)s1)=C(/C)O. The highest BCUT2D eigenvalue weighted by Crippen LogP contribution is 2.21. The Morgan fingerprint density at radius 1 is 1.64 bits per heavy atom. The first-order chi connectivity index (χ1) is 6.50. The fourth-order valence-electron chi connectivity index (χ4n) is 1.05. The number of carbonyl (C=O) groups excluding carboxylic acids is 1. The average Bonchev–Trinajstić information content (AvgIpc) is 2.46. The molecule has 0 atom stereocenters. The molecule has 0 saturated heterocycles. The Hall–Kier alpha value is -0.870. The Labute approximate surface area is 91.1 Å². The van der Waals surface area contributed by atoms with Crippen LogP contribution in [0.1, 0.15) is 18.7 Å². The Bertz CT molecular complexity index is 380. The fourth-order valence-corrected chi connectivity index (χ4v) is 2.04. The van der Waals surface area contributed by atoms with Gasteiger partial charge >= 0.3 is 0 Å². The number of Topliss-reactive ketones (excluding diaryl/α,β-unsaturated/α-hetero) is 1. The van der Waals surface area contributed by atoms with Gasteiger partial charge in [-0.15, -0.1) is 11.3 Å². The van der Waals surface area contributed by atoms with Crippen molar-refractivity contribution in [3.05, 3.63) is 26.9 Å². The number of ketones is 1. The molecule has 76 valence electrons. The lowest BCUT2D eigenvalue weighted by Gasteiger charge is -2.01. The summed E-state index contributed by atoms with van der Waals surface area (Å²) in [6.07, 6.45) is 2.00. The number of carbonyl (C=O) groups is 1. The molecule has 1 N–H and O–H groups in total. The van der Waals surface area contributed by atoms with Crippen LogP contribution in [0.3, 0.4) is 0 Å². The number of rotatable bonds is 3. The summed E-state index contributed by atoms with van der Waals surface area (Å²) in [5.74, 6) is -0.0726. The summed E-state index contributed by atoms with van der Waals surface area (Å²) in [4.78, 5) is 15.9. The van der Waals surface area contributed by atoms with Gasteiger partial charge in [0.15, 0.2) is 10.3 Å². The highest BCUT2D eigenvalue weighted by molar-refractivity contribution is 7.15. The monoisotopic (exact) mass is 231 g/mol. The van der Waals surface area contributed by atoms with Crippen LogP contribution >= 0.6 is 22.9 Å². The van der Waals surface area contributed by atoms with E-state index in [0.717, 1.165) is 4.88 Å². The van der Waals surface area contributed by atoms with Crippen molar-refractivity contribution in [2.75, 3.05) is 0 Å². The van der Waals surface area contributed by atoms with Crippen LogP contribution < -0.4 is 0 Å². The first-order valence-corrected chi connectivity index (χ1v) is 5.20. The van der Waals surface area contributed by atoms with Crippen LogP contribution in [0, 0.1) is 0 Å². The standard InChI is InChI=1S/C9H10ClNO2S/c1-5(12)8(6(2)13)3-7-4-11-9(10)14-7/h4,12H,3H2,1-2H3/b8-5-. The highest BCUT2D eigenvalue weighted by atomic mass is 35.5. The van der Waals surface area contributed by atoms with Crippen molar-refractivity contribution in [1.29, 1.82) is 0 Å². The molecular weight excluding hydrogens is 222 g/mol. The van der Waals surface area contributed by atoms with E-state index in [1.54, 1.807) is 6.20 Å². The third-order valence-corrected chi connectivity index (χ3v) is 2.85. The van der Waals surface area contributed by atoms with Gasteiger partial charge in [0.1, 0.15) is 0 Å². The van der Waals surface area contributed by atoms with Crippen LogP contribution in [-0.4, -0.2) is 15.9 Å². The van der Waals surface area contributed by atoms with Gasteiger partial charge in [-0.3, -0.25) is 4.79 Å². The van der Waals surface area contributed by atoms with Gasteiger partial charge in [-0.2, -0.15) is 0 Å². The molecule has 3 nitrogen and oxygen atoms in total. The van der Waals surface area contributed by atoms with Crippen LogP contribution in [0.2, 0.25) is 4.47 Å². The van der Waals surface area contributed by atoms with Crippen LogP contribution in [0.25, 0.3) is 0 Å². The first kappa shape index (κ1) is 11.2. The van der Waals surface area contributed by atoms with E-state index >= 15 is 0 Å². The zero-order chi connectivity index (χ0) is 10.7. The van der Waals surface area contributed by atoms with Crippen LogP contribution in [0.4, 0.5) is 0 Å². The maximum Gasteiger partial charge on any atom is 0.183 e. The van der Waals surface area contributed by atoms with Gasteiger partial charge in [0.05, 0.1) is 5.76 Å². The summed E-state index contributed by atoms with van der Waals surface area (Å²) in [6, 6.07) is 0. The summed E-state index contributed by atoms with van der Waals surface area (Å²) in [5, 5.41) is 9.26. The lowest BCUT2D eigenvalue weighted by molar-refractivity contribution is -0.113. The second-order valence-electron chi connectivity index (χ2n) is 2.88. The molecule has 14 heavy (non-hydrogen) atoms. The molecule has 0 aliphatic heterocycles. The second-order valence-corrected chi connectivity index (χ2v) is 4.57. The number of aliphatic hydroxyl groups excluding tert-OH is 1. The molecule has 0 spiro atoms. The molecule has 0 amide bonds. The molecule has 5 heteroatoms. The summed E-state index contributed by atoms with van der Waals surface area (Å²) in [6.45, 7) is 2.93. The maximum atomic E-state index is 11.1. The van der Waals surface area contributed by atoms with Gasteiger partial charge in [-0.1, -0.05) is 11.6 Å². The maximum absolute atomic E-state index is 11.1. The molecular formula is C9H10ClNO2S. The van der Waals surface area contributed by atoms with Gasteiger partial charge < -0.3 is 5.11 Å². The molecule has 1 aromatic heterocycles. The predicted octanol–water partition coefficient (Wildman–Crippen LogP) is 2.76. The molecule has 0 unspecified atom stereocenters. The lowest BCUT2D eigenvalue weighted by Crippen LogP contribution is -2.02. The van der Waals surface area contributed by atoms with E-state index in [4.69, 9.17) is 11.6 Å². The van der Waals surface area contributed by atoms with E-state index in [9.17, 15) is 9.90 Å². The molecule has 1 aromatic rings. The summed E-state index contributed by atoms with van der Waals surface area (Å²) in [7, 11) is 0. The molecule has 0 aliphatic carbocycles. The minimum atomic E-state index is -0.130. The summed E-state index contributed by atoms with van der Waals surface area (Å²) >= 11 is 6.95. The number of halogens is 1. The van der Waals surface area contributed by atoms with Crippen molar-refractivity contribution in [3.63, 3.8) is 0 Å². The quantitative estimate of drug-likeness (QED) is 0.643. The summed E-state index contributed by atoms with van der Waals surface area (Å²) < 4.78 is 0.443. The van der Waals surface area contributed by atoms with E-state index in [0.29, 0.717) is 16.5 Å². The normalized spacial score (nSPS) is 12.5. The first-order valence-electron chi connectivity index (χ1n) is 4.00. The number of thiazole rings is 1. The number of aliphatic hydroxyl groups is 1. The van der Waals surface area contributed by atoms with E-state index in [2.05, 4.69) is 4.98 Å². The smallest absolute Gasteiger partial charge is 0.183 e. The molecule has 0 bridgehead atoms. The number of hydrogen-bond acceptors (Lipinski definition) is 4. The van der Waals surface area contributed by atoms with Gasteiger partial charge in [-0.25, -0.2) is 4.98 Å². The number of allylic oxidation sites excluding steroid dienone is 2. The topological polar surface area (TPSA) is 50.2 Å². The number of hydrogen-bond donors (Lipinski definition) is 1. The fraction of sp³-hybridized carbons (Fsp3) is 0.333. The number of nitrogens with zero attached hydrogens (tertiary/aromatic N) is 1. The van der Waals surface area contributed by atoms with E-state index in [-0.39, 0.29) is 11.5 Å². The Kier molecular flexibility index (Phi) is 3.66. The lowest BCUT2D eigenvalue weighted by atomic mass is 10.1. The Balaban J connectivity index is 2.86. The van der Waals surface area contributed by atoms with Crippen LogP contribution in [0.15, 0.2) is 17.5 Å². The number of aromatic nitrogens is 1. The van der Waals surface area contributed by atoms with E-state index < -0.39 is 0 Å². The zero-order valence-electron chi connectivity index (χ0n) is 7.87. The molecule has 0 fully saturated rings. The van der Waals surface area contributed by atoms with E-state index in [1.807, 2.05) is 0 Å². The predicted molar refractivity (Wildman–Crippen MR) is 56.8 cm³/mol. The molecule has 0 radical (unpaired) electrons. The highest BCUT2D eigenvalue weighted by Gasteiger charge is 2.10. The van der Waals surface area contributed by atoms with Crippen LogP contribution in [0.5, 0.6) is 0 Å². The molecule has 1 heterocycles. The molecule has 0 saturated carbocycles. The molecule has 0 aliphatic rings. The van der Waals surface area contributed by atoms with Gasteiger partial charge in [0.25, 0.3) is 0 Å². The van der Waals surface area contributed by atoms with Crippen molar-refractivity contribution in [3.8, 4) is 0 Å². The molecule has 1 rings (SSSR count). The van der Waals surface area contributed by atoms with Crippen molar-refractivity contribution in [2.45, 2.75) is 20.3 Å². The minimum Gasteiger partial charge on any atom is -0.512 e. The van der Waals surface area contributed by atoms with E-state index in [1.165, 1.54) is 25.2 Å². The summed E-state index contributed by atoms with van der Waals surface area (Å²) in [5.41, 5.74) is 0.408. The van der Waals surface area contributed by atoms with Crippen LogP contribution in [-0.2, 0) is 11.2 Å². The zero-order valence-corrected chi connectivity index (χ0v) is 9.45. The van der Waals surface area contributed by atoms with Gasteiger partial charge in [0.2, 0.25) is 0 Å². The third kappa shape index (κ3) is 2.82. The average molecular weight is 232 g/mol. The Morgan fingerprint density at radius 2 is 2.29 bits per heavy atom.